The van der Waals surface area contributed by atoms with Gasteiger partial charge < -0.3 is 4.74 Å². The molecule has 1 N–H and O–H groups in total. The van der Waals surface area contributed by atoms with Gasteiger partial charge in [0.15, 0.2) is 0 Å². The lowest BCUT2D eigenvalue weighted by Crippen LogP contribution is -2.17. The van der Waals surface area contributed by atoms with Crippen LogP contribution in [0.15, 0.2) is 84.0 Å². The van der Waals surface area contributed by atoms with Crippen molar-refractivity contribution < 1.29 is 9.53 Å². The molecule has 0 aliphatic rings. The molecule has 0 aliphatic heterocycles. The van der Waals surface area contributed by atoms with Crippen LogP contribution in [0, 0.1) is 6.92 Å². The number of carbonyl (C=O) groups excluding carboxylic acids is 1. The van der Waals surface area contributed by atoms with E-state index in [1.165, 1.54) is 11.8 Å². The van der Waals surface area contributed by atoms with Crippen molar-refractivity contribution in [2.24, 2.45) is 5.10 Å². The topological polar surface area (TPSA) is 63.6 Å². The molecule has 0 bridgehead atoms. The lowest BCUT2D eigenvalue weighted by molar-refractivity contribution is 0.0955. The number of nitrogens with zero attached hydrogens (tertiary/aromatic N) is 2. The zero-order chi connectivity index (χ0) is 21.6. The number of halogens is 1. The van der Waals surface area contributed by atoms with Crippen molar-refractivity contribution in [3.05, 3.63) is 106 Å². The van der Waals surface area contributed by atoms with Crippen molar-refractivity contribution in [2.45, 2.75) is 13.5 Å². The number of aryl methyl sites for hydroxylation is 1. The summed E-state index contributed by atoms with van der Waals surface area (Å²) in [5.74, 6) is 0.362. The fourth-order valence-electron chi connectivity index (χ4n) is 2.98. The summed E-state index contributed by atoms with van der Waals surface area (Å²) >= 11 is 6.21. The van der Waals surface area contributed by atoms with Crippen LogP contribution in [0.2, 0.25) is 5.15 Å². The molecule has 5 nitrogen and oxygen atoms in total. The first-order valence-electron chi connectivity index (χ1n) is 9.75. The largest absolute Gasteiger partial charge is 0.489 e. The Morgan fingerprint density at radius 3 is 2.58 bits per heavy atom. The number of carbonyl (C=O) groups is 1. The molecule has 4 aromatic rings. The number of hydrogen-bond acceptors (Lipinski definition) is 4. The third-order valence-electron chi connectivity index (χ3n) is 4.72. The van der Waals surface area contributed by atoms with E-state index in [1.807, 2.05) is 61.5 Å². The number of aromatic nitrogens is 1. The number of hydrazone groups is 1. The average Bonchev–Trinajstić information content (AvgIpc) is 2.79. The van der Waals surface area contributed by atoms with E-state index in [0.717, 1.165) is 16.5 Å². The zero-order valence-corrected chi connectivity index (χ0v) is 17.6. The molecule has 6 heteroatoms. The summed E-state index contributed by atoms with van der Waals surface area (Å²) in [6, 6.07) is 24.6. The SMILES string of the molecule is Cc1ccc(COc2ccc(C(=O)N/N=C/c3cc4ccccc4nc3Cl)cc2)cc1. The van der Waals surface area contributed by atoms with Gasteiger partial charge in [0.25, 0.3) is 5.91 Å². The highest BCUT2D eigenvalue weighted by molar-refractivity contribution is 6.32. The Morgan fingerprint density at radius 2 is 1.81 bits per heavy atom. The number of benzene rings is 3. The lowest BCUT2D eigenvalue weighted by atomic mass is 10.2. The number of ether oxygens (including phenoxy) is 1. The van der Waals surface area contributed by atoms with E-state index in [0.29, 0.717) is 28.6 Å². The minimum absolute atomic E-state index is 0.326. The first-order valence-corrected chi connectivity index (χ1v) is 10.1. The summed E-state index contributed by atoms with van der Waals surface area (Å²) in [6.07, 6.45) is 1.48. The molecule has 154 valence electrons. The molecule has 0 fully saturated rings. The third-order valence-corrected chi connectivity index (χ3v) is 5.02. The molecule has 4 rings (SSSR count). The maximum atomic E-state index is 12.3. The number of amides is 1. The molecular formula is C25H20ClN3O2. The van der Waals surface area contributed by atoms with Crippen molar-refractivity contribution >= 4 is 34.6 Å². The summed E-state index contributed by atoms with van der Waals surface area (Å²) in [6.45, 7) is 2.52. The van der Waals surface area contributed by atoms with Crippen molar-refractivity contribution in [3.63, 3.8) is 0 Å². The van der Waals surface area contributed by atoms with Crippen LogP contribution < -0.4 is 10.2 Å². The van der Waals surface area contributed by atoms with Gasteiger partial charge >= 0.3 is 0 Å². The van der Waals surface area contributed by atoms with E-state index in [4.69, 9.17) is 16.3 Å². The monoisotopic (exact) mass is 429 g/mol. The predicted octanol–water partition coefficient (Wildman–Crippen LogP) is 5.54. The highest BCUT2D eigenvalue weighted by Gasteiger charge is 2.06. The number of para-hydroxylation sites is 1. The van der Waals surface area contributed by atoms with Gasteiger partial charge in [-0.05, 0) is 48.9 Å². The summed E-state index contributed by atoms with van der Waals surface area (Å²) < 4.78 is 5.77. The van der Waals surface area contributed by atoms with Crippen LogP contribution >= 0.6 is 11.6 Å². The van der Waals surface area contributed by atoms with Gasteiger partial charge in [-0.1, -0.05) is 59.6 Å². The van der Waals surface area contributed by atoms with E-state index in [2.05, 4.69) is 15.5 Å². The quantitative estimate of drug-likeness (QED) is 0.248. The predicted molar refractivity (Wildman–Crippen MR) is 124 cm³/mol. The molecule has 0 unspecified atom stereocenters. The fraction of sp³-hybridized carbons (Fsp3) is 0.0800. The van der Waals surface area contributed by atoms with Crippen molar-refractivity contribution in [2.75, 3.05) is 0 Å². The zero-order valence-electron chi connectivity index (χ0n) is 16.9. The van der Waals surface area contributed by atoms with E-state index in [1.54, 1.807) is 24.3 Å². The van der Waals surface area contributed by atoms with Gasteiger partial charge in [-0.15, -0.1) is 0 Å². The summed E-state index contributed by atoms with van der Waals surface area (Å²) in [5, 5.41) is 5.28. The average molecular weight is 430 g/mol. The van der Waals surface area contributed by atoms with Crippen molar-refractivity contribution in [3.8, 4) is 5.75 Å². The Hall–Kier alpha value is -3.70. The Balaban J connectivity index is 1.35. The number of fused-ring (bicyclic) bond motifs is 1. The molecule has 1 heterocycles. The van der Waals surface area contributed by atoms with E-state index >= 15 is 0 Å². The molecule has 0 radical (unpaired) electrons. The standard InChI is InChI=1S/C25H20ClN3O2/c1-17-6-8-18(9-7-17)16-31-22-12-10-19(11-13-22)25(30)29-27-15-21-14-20-4-2-3-5-23(20)28-24(21)26/h2-15H,16H2,1H3,(H,29,30)/b27-15+. The molecule has 1 amide bonds. The first kappa shape index (κ1) is 20.6. The van der Waals surface area contributed by atoms with E-state index in [-0.39, 0.29) is 5.91 Å². The second-order valence-corrected chi connectivity index (χ2v) is 7.42. The van der Waals surface area contributed by atoms with Gasteiger partial charge in [-0.3, -0.25) is 4.79 Å². The maximum Gasteiger partial charge on any atom is 0.271 e. The first-order chi connectivity index (χ1) is 15.1. The fourth-order valence-corrected chi connectivity index (χ4v) is 3.17. The number of rotatable bonds is 6. The van der Waals surface area contributed by atoms with Crippen LogP contribution in [0.25, 0.3) is 10.9 Å². The molecule has 0 spiro atoms. The van der Waals surface area contributed by atoms with Gasteiger partial charge in [0, 0.05) is 16.5 Å². The van der Waals surface area contributed by atoms with Gasteiger partial charge in [0.1, 0.15) is 17.5 Å². The Kier molecular flexibility index (Phi) is 6.24. The summed E-state index contributed by atoms with van der Waals surface area (Å²) in [5.41, 5.74) is 6.71. The molecule has 0 saturated carbocycles. The number of pyridine rings is 1. The second kappa shape index (κ2) is 9.41. The molecular weight excluding hydrogens is 410 g/mol. The van der Waals surface area contributed by atoms with Crippen LogP contribution in [0.3, 0.4) is 0 Å². The van der Waals surface area contributed by atoms with Crippen molar-refractivity contribution in [1.82, 2.24) is 10.4 Å². The van der Waals surface area contributed by atoms with E-state index in [9.17, 15) is 4.79 Å². The highest BCUT2D eigenvalue weighted by Crippen LogP contribution is 2.19. The molecule has 0 saturated heterocycles. The Morgan fingerprint density at radius 1 is 1.06 bits per heavy atom. The van der Waals surface area contributed by atoms with Gasteiger partial charge in [-0.2, -0.15) is 5.10 Å². The van der Waals surface area contributed by atoms with Crippen LogP contribution in [-0.2, 0) is 6.61 Å². The Labute approximate surface area is 185 Å². The summed E-state index contributed by atoms with van der Waals surface area (Å²) in [7, 11) is 0. The molecule has 1 aromatic heterocycles. The molecule has 3 aromatic carbocycles. The minimum Gasteiger partial charge on any atom is -0.489 e. The minimum atomic E-state index is -0.328. The van der Waals surface area contributed by atoms with Crippen LogP contribution in [0.4, 0.5) is 0 Å². The maximum absolute atomic E-state index is 12.3. The second-order valence-electron chi connectivity index (χ2n) is 7.06. The van der Waals surface area contributed by atoms with E-state index < -0.39 is 0 Å². The molecule has 0 atom stereocenters. The van der Waals surface area contributed by atoms with Gasteiger partial charge in [0.05, 0.1) is 11.7 Å². The smallest absolute Gasteiger partial charge is 0.271 e. The normalized spacial score (nSPS) is 11.0. The molecule has 0 aliphatic carbocycles. The lowest BCUT2D eigenvalue weighted by Gasteiger charge is -2.07. The van der Waals surface area contributed by atoms with Gasteiger partial charge in [0.2, 0.25) is 0 Å². The summed E-state index contributed by atoms with van der Waals surface area (Å²) in [4.78, 5) is 16.7. The highest BCUT2D eigenvalue weighted by atomic mass is 35.5. The Bertz CT molecular complexity index is 1240. The van der Waals surface area contributed by atoms with Crippen LogP contribution in [0.1, 0.15) is 27.0 Å². The third kappa shape index (κ3) is 5.27. The number of hydrogen-bond donors (Lipinski definition) is 1. The van der Waals surface area contributed by atoms with Crippen molar-refractivity contribution in [1.29, 1.82) is 0 Å². The molecule has 31 heavy (non-hydrogen) atoms. The van der Waals surface area contributed by atoms with Crippen LogP contribution in [-0.4, -0.2) is 17.1 Å². The van der Waals surface area contributed by atoms with Gasteiger partial charge in [-0.25, -0.2) is 10.4 Å². The van der Waals surface area contributed by atoms with Crippen LogP contribution in [0.5, 0.6) is 5.75 Å². The number of nitrogens with one attached hydrogen (secondary N) is 1.